The summed E-state index contributed by atoms with van der Waals surface area (Å²) in [6, 6.07) is 6.67. The van der Waals surface area contributed by atoms with Crippen molar-refractivity contribution >= 4 is 22.0 Å². The molecular formula is C10H15N3O4S. The van der Waals surface area contributed by atoms with E-state index in [1.165, 1.54) is 7.05 Å². The zero-order valence-electron chi connectivity index (χ0n) is 10.1. The van der Waals surface area contributed by atoms with Crippen molar-refractivity contribution in [3.63, 3.8) is 0 Å². The van der Waals surface area contributed by atoms with Crippen LogP contribution >= 0.6 is 0 Å². The molecule has 0 aliphatic heterocycles. The Morgan fingerprint density at radius 3 is 2.72 bits per heavy atom. The van der Waals surface area contributed by atoms with Crippen molar-refractivity contribution in [2.45, 2.75) is 6.54 Å². The number of benzene rings is 1. The highest BCUT2D eigenvalue weighted by Gasteiger charge is 2.21. The Balaban J connectivity index is 2.98. The highest BCUT2D eigenvalue weighted by Crippen LogP contribution is 2.16. The molecule has 3 N–H and O–H groups in total. The number of carbonyl (C=O) groups is 1. The van der Waals surface area contributed by atoms with Gasteiger partial charge in [0.2, 0.25) is 0 Å². The molecule has 1 aromatic rings. The Morgan fingerprint density at radius 1 is 1.50 bits per heavy atom. The molecule has 0 saturated carbocycles. The number of nitrogens with zero attached hydrogens (tertiary/aromatic N) is 1. The maximum Gasteiger partial charge on any atom is 0.422 e. The molecule has 0 atom stereocenters. The van der Waals surface area contributed by atoms with E-state index in [2.05, 4.69) is 4.74 Å². The van der Waals surface area contributed by atoms with E-state index in [4.69, 9.17) is 5.73 Å². The predicted molar refractivity (Wildman–Crippen MR) is 67.2 cm³/mol. The molecule has 0 heterocycles. The average Bonchev–Trinajstić information content (AvgIpc) is 2.37. The Labute approximate surface area is 106 Å². The van der Waals surface area contributed by atoms with Crippen LogP contribution in [0.5, 0.6) is 0 Å². The van der Waals surface area contributed by atoms with Gasteiger partial charge in [-0.05, 0) is 17.7 Å². The molecule has 0 unspecified atom stereocenters. The van der Waals surface area contributed by atoms with Crippen LogP contribution < -0.4 is 14.8 Å². The number of hydrogen-bond donors (Lipinski definition) is 2. The second-order valence-corrected chi connectivity index (χ2v) is 5.14. The highest BCUT2D eigenvalue weighted by molar-refractivity contribution is 7.91. The molecule has 0 aliphatic carbocycles. The fraction of sp³-hybridized carbons (Fsp3) is 0.300. The van der Waals surface area contributed by atoms with Gasteiger partial charge in [-0.3, -0.25) is 4.31 Å². The van der Waals surface area contributed by atoms with E-state index >= 15 is 0 Å². The molecule has 0 radical (unpaired) electrons. The van der Waals surface area contributed by atoms with Crippen LogP contribution in [0.1, 0.15) is 5.56 Å². The number of methoxy groups -OCH3 is 1. The van der Waals surface area contributed by atoms with Gasteiger partial charge in [-0.25, -0.2) is 9.52 Å². The van der Waals surface area contributed by atoms with Gasteiger partial charge in [-0.1, -0.05) is 12.1 Å². The first kappa shape index (κ1) is 14.3. The van der Waals surface area contributed by atoms with Crippen molar-refractivity contribution < 1.29 is 17.9 Å². The highest BCUT2D eigenvalue weighted by atomic mass is 32.2. The summed E-state index contributed by atoms with van der Waals surface area (Å²) < 4.78 is 30.5. The van der Waals surface area contributed by atoms with E-state index < -0.39 is 16.3 Å². The zero-order chi connectivity index (χ0) is 13.8. The number of carbonyl (C=O) groups excluding carboxylic acids is 1. The Bertz CT molecular complexity index is 530. The minimum atomic E-state index is -3.98. The molecule has 0 aliphatic rings. The summed E-state index contributed by atoms with van der Waals surface area (Å²) in [5, 5.41) is 0. The first-order valence-electron chi connectivity index (χ1n) is 5.04. The van der Waals surface area contributed by atoms with Gasteiger partial charge >= 0.3 is 16.3 Å². The largest absolute Gasteiger partial charge is 0.452 e. The summed E-state index contributed by atoms with van der Waals surface area (Å²) in [5.74, 6) is 0. The Morgan fingerprint density at radius 2 is 2.17 bits per heavy atom. The number of nitrogens with two attached hydrogens (primary N) is 1. The number of rotatable bonds is 4. The minimum absolute atomic E-state index is 0.298. The zero-order valence-corrected chi connectivity index (χ0v) is 10.9. The van der Waals surface area contributed by atoms with Gasteiger partial charge in [0, 0.05) is 13.6 Å². The first-order valence-corrected chi connectivity index (χ1v) is 6.48. The number of anilines is 1. The van der Waals surface area contributed by atoms with Crippen molar-refractivity contribution in [3.05, 3.63) is 29.8 Å². The van der Waals surface area contributed by atoms with E-state index in [-0.39, 0.29) is 0 Å². The molecule has 1 aromatic carbocycles. The van der Waals surface area contributed by atoms with Crippen LogP contribution in [-0.2, 0) is 21.5 Å². The van der Waals surface area contributed by atoms with Crippen molar-refractivity contribution in [3.8, 4) is 0 Å². The summed E-state index contributed by atoms with van der Waals surface area (Å²) in [4.78, 5) is 10.9. The van der Waals surface area contributed by atoms with Gasteiger partial charge in [0.05, 0.1) is 12.8 Å². The van der Waals surface area contributed by atoms with Crippen LogP contribution in [-0.4, -0.2) is 28.7 Å². The number of ether oxygens (including phenoxy) is 1. The van der Waals surface area contributed by atoms with Gasteiger partial charge in [-0.15, -0.1) is 0 Å². The van der Waals surface area contributed by atoms with E-state index in [0.29, 0.717) is 12.2 Å². The summed E-state index contributed by atoms with van der Waals surface area (Å²) in [6.07, 6.45) is -1.04. The smallest absolute Gasteiger partial charge is 0.422 e. The van der Waals surface area contributed by atoms with Crippen LogP contribution in [0.3, 0.4) is 0 Å². The summed E-state index contributed by atoms with van der Waals surface area (Å²) >= 11 is 0. The third-order valence-electron chi connectivity index (χ3n) is 2.27. The van der Waals surface area contributed by atoms with Crippen LogP contribution in [0.4, 0.5) is 10.5 Å². The molecule has 0 spiro atoms. The molecule has 7 nitrogen and oxygen atoms in total. The van der Waals surface area contributed by atoms with Gasteiger partial charge in [0.25, 0.3) is 0 Å². The first-order chi connectivity index (χ1) is 8.40. The summed E-state index contributed by atoms with van der Waals surface area (Å²) in [5.41, 5.74) is 6.65. The summed E-state index contributed by atoms with van der Waals surface area (Å²) in [7, 11) is -1.58. The molecule has 0 aromatic heterocycles. The normalized spacial score (nSPS) is 10.8. The van der Waals surface area contributed by atoms with Crippen molar-refractivity contribution in [1.29, 1.82) is 0 Å². The predicted octanol–water partition coefficient (Wildman–Crippen LogP) is 0.182. The SMILES string of the molecule is COC(=O)NS(=O)(=O)N(C)c1cccc(CN)c1. The van der Waals surface area contributed by atoms with Crippen molar-refractivity contribution in [2.24, 2.45) is 5.73 Å². The van der Waals surface area contributed by atoms with E-state index in [0.717, 1.165) is 17.0 Å². The minimum Gasteiger partial charge on any atom is -0.452 e. The van der Waals surface area contributed by atoms with Gasteiger partial charge in [0.1, 0.15) is 0 Å². The molecule has 1 rings (SSSR count). The Hall–Kier alpha value is -1.80. The molecule has 8 heteroatoms. The molecular weight excluding hydrogens is 258 g/mol. The maximum atomic E-state index is 11.8. The van der Waals surface area contributed by atoms with E-state index in [1.54, 1.807) is 29.0 Å². The summed E-state index contributed by atoms with van der Waals surface area (Å²) in [6.45, 7) is 0.298. The lowest BCUT2D eigenvalue weighted by Crippen LogP contribution is -2.41. The van der Waals surface area contributed by atoms with Crippen molar-refractivity contribution in [1.82, 2.24) is 4.72 Å². The van der Waals surface area contributed by atoms with Crippen LogP contribution in [0.25, 0.3) is 0 Å². The quantitative estimate of drug-likeness (QED) is 0.815. The second-order valence-electron chi connectivity index (χ2n) is 3.44. The van der Waals surface area contributed by atoms with E-state index in [9.17, 15) is 13.2 Å². The lowest BCUT2D eigenvalue weighted by molar-refractivity contribution is 0.177. The number of nitrogens with one attached hydrogen (secondary N) is 1. The monoisotopic (exact) mass is 273 g/mol. The standard InChI is InChI=1S/C10H15N3O4S/c1-13(18(15,16)12-10(14)17-2)9-5-3-4-8(6-9)7-11/h3-6H,7,11H2,1-2H3,(H,12,14). The van der Waals surface area contributed by atoms with E-state index in [1.807, 2.05) is 0 Å². The fourth-order valence-corrected chi connectivity index (χ4v) is 2.06. The van der Waals surface area contributed by atoms with Crippen LogP contribution in [0.2, 0.25) is 0 Å². The molecule has 1 amide bonds. The lowest BCUT2D eigenvalue weighted by atomic mass is 10.2. The van der Waals surface area contributed by atoms with Crippen molar-refractivity contribution in [2.75, 3.05) is 18.5 Å². The van der Waals surface area contributed by atoms with Crippen LogP contribution in [0, 0.1) is 0 Å². The molecule has 0 fully saturated rings. The van der Waals surface area contributed by atoms with Crippen LogP contribution in [0.15, 0.2) is 24.3 Å². The fourth-order valence-electron chi connectivity index (χ4n) is 1.23. The van der Waals surface area contributed by atoms with Gasteiger partial charge < -0.3 is 10.5 Å². The third kappa shape index (κ3) is 3.34. The maximum absolute atomic E-state index is 11.8. The third-order valence-corrected chi connectivity index (χ3v) is 3.62. The molecule has 18 heavy (non-hydrogen) atoms. The van der Waals surface area contributed by atoms with Gasteiger partial charge in [0.15, 0.2) is 0 Å². The number of amides is 1. The number of hydrogen-bond acceptors (Lipinski definition) is 5. The lowest BCUT2D eigenvalue weighted by Gasteiger charge is -2.19. The van der Waals surface area contributed by atoms with Gasteiger partial charge in [-0.2, -0.15) is 8.42 Å². The Kier molecular flexibility index (Phi) is 4.51. The second kappa shape index (κ2) is 5.69. The molecule has 0 saturated heterocycles. The molecule has 100 valence electrons. The topological polar surface area (TPSA) is 102 Å². The average molecular weight is 273 g/mol. The molecule has 0 bridgehead atoms.